The summed E-state index contributed by atoms with van der Waals surface area (Å²) in [5, 5.41) is 3.44. The molecule has 1 atom stereocenters. The van der Waals surface area contributed by atoms with Crippen LogP contribution in [-0.4, -0.2) is 31.6 Å². The lowest BCUT2D eigenvalue weighted by Gasteiger charge is -2.17. The van der Waals surface area contributed by atoms with Gasteiger partial charge < -0.3 is 14.6 Å². The maximum atomic E-state index is 5.32. The fourth-order valence-electron chi connectivity index (χ4n) is 1.60. The van der Waals surface area contributed by atoms with Gasteiger partial charge in [-0.2, -0.15) is 0 Å². The molecule has 0 fully saturated rings. The van der Waals surface area contributed by atoms with Gasteiger partial charge in [0.25, 0.3) is 0 Å². The summed E-state index contributed by atoms with van der Waals surface area (Å²) < 4.78 is 5.32. The molecule has 0 saturated heterocycles. The highest BCUT2D eigenvalue weighted by Crippen LogP contribution is 2.11. The Hall–Kier alpha value is -0.800. The average molecular weight is 210 g/mol. The van der Waals surface area contributed by atoms with Crippen LogP contribution in [0.1, 0.15) is 32.1 Å². The van der Waals surface area contributed by atoms with Gasteiger partial charge in [0.2, 0.25) is 0 Å². The summed E-state index contributed by atoms with van der Waals surface area (Å²) in [6.07, 6.45) is 2.93. The molecule has 1 N–H and O–H groups in total. The zero-order chi connectivity index (χ0) is 11.1. The van der Waals surface area contributed by atoms with Crippen LogP contribution in [0.4, 0.5) is 0 Å². The standard InChI is InChI=1S/C12H22N2O/c1-4-8-14(3)9-7-13-11(2)12-6-5-10-15-12/h5-6,10-11,13H,4,7-9H2,1-3H3. The number of likely N-dealkylation sites (N-methyl/N-ethyl adjacent to an activating group) is 1. The maximum absolute atomic E-state index is 5.32. The number of hydrogen-bond acceptors (Lipinski definition) is 3. The Kier molecular flexibility index (Phi) is 5.43. The lowest BCUT2D eigenvalue weighted by atomic mass is 10.2. The Morgan fingerprint density at radius 2 is 2.27 bits per heavy atom. The van der Waals surface area contributed by atoms with Crippen LogP contribution in [0, 0.1) is 0 Å². The summed E-state index contributed by atoms with van der Waals surface area (Å²) in [6, 6.07) is 4.24. The molecule has 1 heterocycles. The lowest BCUT2D eigenvalue weighted by molar-refractivity contribution is 0.320. The van der Waals surface area contributed by atoms with Crippen molar-refractivity contribution in [2.24, 2.45) is 0 Å². The Balaban J connectivity index is 2.15. The van der Waals surface area contributed by atoms with Crippen LogP contribution in [0.15, 0.2) is 22.8 Å². The molecular formula is C12H22N2O. The summed E-state index contributed by atoms with van der Waals surface area (Å²) in [5.74, 6) is 1.01. The molecular weight excluding hydrogens is 188 g/mol. The Labute approximate surface area is 92.5 Å². The normalized spacial score (nSPS) is 13.3. The van der Waals surface area contributed by atoms with Gasteiger partial charge in [-0.1, -0.05) is 6.92 Å². The fourth-order valence-corrected chi connectivity index (χ4v) is 1.60. The van der Waals surface area contributed by atoms with Crippen molar-refractivity contribution in [1.29, 1.82) is 0 Å². The molecule has 0 bridgehead atoms. The highest BCUT2D eigenvalue weighted by molar-refractivity contribution is 5.02. The topological polar surface area (TPSA) is 28.4 Å². The van der Waals surface area contributed by atoms with Gasteiger partial charge >= 0.3 is 0 Å². The summed E-state index contributed by atoms with van der Waals surface area (Å²) in [5.41, 5.74) is 0. The first-order valence-corrected chi connectivity index (χ1v) is 5.69. The van der Waals surface area contributed by atoms with Crippen molar-refractivity contribution >= 4 is 0 Å². The van der Waals surface area contributed by atoms with E-state index in [-0.39, 0.29) is 0 Å². The van der Waals surface area contributed by atoms with Gasteiger partial charge in [-0.05, 0) is 39.1 Å². The van der Waals surface area contributed by atoms with Crippen LogP contribution >= 0.6 is 0 Å². The third-order valence-corrected chi connectivity index (χ3v) is 2.52. The quantitative estimate of drug-likeness (QED) is 0.748. The predicted molar refractivity (Wildman–Crippen MR) is 62.9 cm³/mol. The number of nitrogens with one attached hydrogen (secondary N) is 1. The average Bonchev–Trinajstić information content (AvgIpc) is 2.70. The van der Waals surface area contributed by atoms with Crippen LogP contribution in [0.2, 0.25) is 0 Å². The van der Waals surface area contributed by atoms with Crippen LogP contribution in [0.3, 0.4) is 0 Å². The molecule has 0 aromatic carbocycles. The largest absolute Gasteiger partial charge is 0.468 e. The molecule has 0 aliphatic heterocycles. The van der Waals surface area contributed by atoms with Crippen LogP contribution < -0.4 is 5.32 Å². The van der Waals surface area contributed by atoms with E-state index in [0.29, 0.717) is 6.04 Å². The highest BCUT2D eigenvalue weighted by atomic mass is 16.3. The number of rotatable bonds is 7. The van der Waals surface area contributed by atoms with E-state index in [1.165, 1.54) is 6.42 Å². The van der Waals surface area contributed by atoms with Gasteiger partial charge in [0.15, 0.2) is 0 Å². The molecule has 1 aromatic rings. The lowest BCUT2D eigenvalue weighted by Crippen LogP contribution is -2.31. The van der Waals surface area contributed by atoms with E-state index in [2.05, 4.69) is 31.1 Å². The molecule has 0 aliphatic rings. The summed E-state index contributed by atoms with van der Waals surface area (Å²) >= 11 is 0. The Morgan fingerprint density at radius 3 is 2.87 bits per heavy atom. The molecule has 3 nitrogen and oxygen atoms in total. The van der Waals surface area contributed by atoms with Crippen molar-refractivity contribution < 1.29 is 4.42 Å². The van der Waals surface area contributed by atoms with Gasteiger partial charge in [-0.25, -0.2) is 0 Å². The second-order valence-corrected chi connectivity index (χ2v) is 3.99. The van der Waals surface area contributed by atoms with Crippen LogP contribution in [0.25, 0.3) is 0 Å². The summed E-state index contributed by atoms with van der Waals surface area (Å²) in [6.45, 7) is 7.57. The maximum Gasteiger partial charge on any atom is 0.120 e. The zero-order valence-electron chi connectivity index (χ0n) is 9.99. The van der Waals surface area contributed by atoms with E-state index >= 15 is 0 Å². The van der Waals surface area contributed by atoms with Gasteiger partial charge in [-0.15, -0.1) is 0 Å². The van der Waals surface area contributed by atoms with Gasteiger partial charge in [-0.3, -0.25) is 0 Å². The van der Waals surface area contributed by atoms with Crippen molar-refractivity contribution in [3.05, 3.63) is 24.2 Å². The van der Waals surface area contributed by atoms with Crippen molar-refractivity contribution in [3.63, 3.8) is 0 Å². The third-order valence-electron chi connectivity index (χ3n) is 2.52. The molecule has 0 saturated carbocycles. The number of furan rings is 1. The van der Waals surface area contributed by atoms with E-state index in [1.807, 2.05) is 12.1 Å². The molecule has 0 amide bonds. The van der Waals surface area contributed by atoms with E-state index in [1.54, 1.807) is 6.26 Å². The Morgan fingerprint density at radius 1 is 1.47 bits per heavy atom. The predicted octanol–water partition coefficient (Wildman–Crippen LogP) is 2.27. The molecule has 1 unspecified atom stereocenters. The van der Waals surface area contributed by atoms with Gasteiger partial charge in [0.1, 0.15) is 5.76 Å². The molecule has 0 spiro atoms. The fraction of sp³-hybridized carbons (Fsp3) is 0.667. The second kappa shape index (κ2) is 6.64. The third kappa shape index (κ3) is 4.49. The smallest absolute Gasteiger partial charge is 0.120 e. The minimum Gasteiger partial charge on any atom is -0.468 e. The molecule has 0 aliphatic carbocycles. The van der Waals surface area contributed by atoms with E-state index in [9.17, 15) is 0 Å². The summed E-state index contributed by atoms with van der Waals surface area (Å²) in [4.78, 5) is 2.34. The van der Waals surface area contributed by atoms with E-state index < -0.39 is 0 Å². The second-order valence-electron chi connectivity index (χ2n) is 3.99. The first kappa shape index (κ1) is 12.3. The first-order valence-electron chi connectivity index (χ1n) is 5.69. The van der Waals surface area contributed by atoms with Crippen LogP contribution in [0.5, 0.6) is 0 Å². The Bertz CT molecular complexity index is 246. The molecule has 0 radical (unpaired) electrons. The first-order chi connectivity index (χ1) is 7.24. The van der Waals surface area contributed by atoms with E-state index in [0.717, 1.165) is 25.4 Å². The van der Waals surface area contributed by atoms with Gasteiger partial charge in [0.05, 0.1) is 12.3 Å². The van der Waals surface area contributed by atoms with Gasteiger partial charge in [0, 0.05) is 13.1 Å². The molecule has 3 heteroatoms. The monoisotopic (exact) mass is 210 g/mol. The number of nitrogens with zero attached hydrogens (tertiary/aromatic N) is 1. The van der Waals surface area contributed by atoms with Crippen molar-refractivity contribution in [2.75, 3.05) is 26.7 Å². The molecule has 1 aromatic heterocycles. The zero-order valence-corrected chi connectivity index (χ0v) is 9.99. The molecule has 1 rings (SSSR count). The minimum atomic E-state index is 0.301. The SMILES string of the molecule is CCCN(C)CCNC(C)c1ccco1. The van der Waals surface area contributed by atoms with Crippen molar-refractivity contribution in [3.8, 4) is 0 Å². The summed E-state index contributed by atoms with van der Waals surface area (Å²) in [7, 11) is 2.16. The van der Waals surface area contributed by atoms with Crippen molar-refractivity contribution in [2.45, 2.75) is 26.3 Å². The number of hydrogen-bond donors (Lipinski definition) is 1. The molecule has 86 valence electrons. The van der Waals surface area contributed by atoms with Crippen molar-refractivity contribution in [1.82, 2.24) is 10.2 Å². The van der Waals surface area contributed by atoms with Crippen LogP contribution in [-0.2, 0) is 0 Å². The highest BCUT2D eigenvalue weighted by Gasteiger charge is 2.06. The molecule has 15 heavy (non-hydrogen) atoms. The van der Waals surface area contributed by atoms with E-state index in [4.69, 9.17) is 4.42 Å². The minimum absolute atomic E-state index is 0.301.